The average molecular weight is 437 g/mol. The quantitative estimate of drug-likeness (QED) is 0.529. The Morgan fingerprint density at radius 2 is 1.83 bits per heavy atom. The molecule has 0 radical (unpaired) electrons. The van der Waals surface area contributed by atoms with E-state index in [1.807, 2.05) is 43.3 Å². The van der Waals surface area contributed by atoms with Gasteiger partial charge in [0.15, 0.2) is 11.5 Å². The SMILES string of the molecule is CCOc1cc(CNCC2CCCN2CC)c(Cl)cc1OCc1ccccc1Cl. The Balaban J connectivity index is 1.64. The van der Waals surface area contributed by atoms with Gasteiger partial charge in [0.05, 0.1) is 6.61 Å². The van der Waals surface area contributed by atoms with Gasteiger partial charge >= 0.3 is 0 Å². The second-order valence-corrected chi connectivity index (χ2v) is 8.07. The van der Waals surface area contributed by atoms with Gasteiger partial charge in [-0.25, -0.2) is 0 Å². The van der Waals surface area contributed by atoms with Crippen LogP contribution >= 0.6 is 23.2 Å². The van der Waals surface area contributed by atoms with Gasteiger partial charge in [-0.3, -0.25) is 4.90 Å². The number of benzene rings is 2. The molecule has 0 aromatic heterocycles. The third-order valence-electron chi connectivity index (χ3n) is 5.35. The van der Waals surface area contributed by atoms with E-state index in [0.717, 1.165) is 24.2 Å². The molecule has 1 aliphatic heterocycles. The van der Waals surface area contributed by atoms with Crippen molar-refractivity contribution in [2.75, 3.05) is 26.2 Å². The molecule has 0 amide bonds. The smallest absolute Gasteiger partial charge is 0.163 e. The summed E-state index contributed by atoms with van der Waals surface area (Å²) < 4.78 is 11.8. The third-order valence-corrected chi connectivity index (χ3v) is 6.07. The molecule has 1 aliphatic rings. The fourth-order valence-electron chi connectivity index (χ4n) is 3.78. The van der Waals surface area contributed by atoms with Crippen LogP contribution in [-0.2, 0) is 13.2 Å². The summed E-state index contributed by atoms with van der Waals surface area (Å²) in [5.41, 5.74) is 1.94. The highest BCUT2D eigenvalue weighted by atomic mass is 35.5. The van der Waals surface area contributed by atoms with E-state index in [1.165, 1.54) is 19.4 Å². The van der Waals surface area contributed by atoms with Crippen LogP contribution in [0.2, 0.25) is 10.0 Å². The van der Waals surface area contributed by atoms with Crippen LogP contribution < -0.4 is 14.8 Å². The number of ether oxygens (including phenoxy) is 2. The van der Waals surface area contributed by atoms with Gasteiger partial charge in [-0.15, -0.1) is 0 Å². The van der Waals surface area contributed by atoms with Crippen molar-refractivity contribution >= 4 is 23.2 Å². The number of halogens is 2. The molecule has 1 saturated heterocycles. The lowest BCUT2D eigenvalue weighted by Gasteiger charge is -2.23. The predicted molar refractivity (Wildman–Crippen MR) is 120 cm³/mol. The first-order chi connectivity index (χ1) is 14.1. The minimum absolute atomic E-state index is 0.363. The van der Waals surface area contributed by atoms with Gasteiger partial charge in [0.25, 0.3) is 0 Å². The Labute approximate surface area is 184 Å². The van der Waals surface area contributed by atoms with Crippen LogP contribution in [0.5, 0.6) is 11.5 Å². The maximum absolute atomic E-state index is 6.55. The summed E-state index contributed by atoms with van der Waals surface area (Å²) in [7, 11) is 0. The first-order valence-electron chi connectivity index (χ1n) is 10.4. The van der Waals surface area contributed by atoms with E-state index in [9.17, 15) is 0 Å². The zero-order valence-corrected chi connectivity index (χ0v) is 18.7. The number of nitrogens with zero attached hydrogens (tertiary/aromatic N) is 1. The standard InChI is InChI=1S/C23H30Cl2N2O2/c1-3-27-11-7-9-19(27)15-26-14-18-12-22(28-4-2)23(13-21(18)25)29-16-17-8-5-6-10-20(17)24/h5-6,8,10,12-13,19,26H,3-4,7,9,11,14-16H2,1-2H3. The van der Waals surface area contributed by atoms with Gasteiger partial charge in [-0.05, 0) is 50.6 Å². The molecule has 2 aromatic carbocycles. The summed E-state index contributed by atoms with van der Waals surface area (Å²) in [6, 6.07) is 12.1. The monoisotopic (exact) mass is 436 g/mol. The Morgan fingerprint density at radius 1 is 1.03 bits per heavy atom. The van der Waals surface area contributed by atoms with E-state index in [1.54, 1.807) is 0 Å². The fraction of sp³-hybridized carbons (Fsp3) is 0.478. The Bertz CT molecular complexity index is 800. The van der Waals surface area contributed by atoms with Crippen LogP contribution in [0.4, 0.5) is 0 Å². The highest BCUT2D eigenvalue weighted by Crippen LogP contribution is 2.34. The molecule has 1 fully saturated rings. The highest BCUT2D eigenvalue weighted by Gasteiger charge is 2.22. The largest absolute Gasteiger partial charge is 0.490 e. The molecule has 0 saturated carbocycles. The molecule has 0 spiro atoms. The summed E-state index contributed by atoms with van der Waals surface area (Å²) >= 11 is 12.8. The first-order valence-corrected chi connectivity index (χ1v) is 11.1. The number of hydrogen-bond acceptors (Lipinski definition) is 4. The van der Waals surface area contributed by atoms with Gasteiger partial charge < -0.3 is 14.8 Å². The lowest BCUT2D eigenvalue weighted by atomic mass is 10.1. The van der Waals surface area contributed by atoms with Crippen molar-refractivity contribution in [3.05, 3.63) is 57.6 Å². The molecule has 1 unspecified atom stereocenters. The van der Waals surface area contributed by atoms with Crippen LogP contribution in [0, 0.1) is 0 Å². The summed E-state index contributed by atoms with van der Waals surface area (Å²) in [6.45, 7) is 9.10. The molecule has 1 N–H and O–H groups in total. The molecule has 158 valence electrons. The summed E-state index contributed by atoms with van der Waals surface area (Å²) in [5.74, 6) is 1.34. The molecule has 29 heavy (non-hydrogen) atoms. The molecule has 1 heterocycles. The number of rotatable bonds is 10. The Kier molecular flexibility index (Phi) is 8.49. The van der Waals surface area contributed by atoms with E-state index in [0.29, 0.717) is 47.3 Å². The van der Waals surface area contributed by atoms with Crippen molar-refractivity contribution in [1.82, 2.24) is 10.2 Å². The van der Waals surface area contributed by atoms with E-state index in [4.69, 9.17) is 32.7 Å². The fourth-order valence-corrected chi connectivity index (χ4v) is 4.19. The third kappa shape index (κ3) is 6.02. The van der Waals surface area contributed by atoms with Crippen molar-refractivity contribution < 1.29 is 9.47 Å². The van der Waals surface area contributed by atoms with Crippen molar-refractivity contribution in [2.45, 2.75) is 45.9 Å². The van der Waals surface area contributed by atoms with Crippen LogP contribution in [0.1, 0.15) is 37.8 Å². The normalized spacial score (nSPS) is 16.9. The molecule has 6 heteroatoms. The van der Waals surface area contributed by atoms with Crippen molar-refractivity contribution in [2.24, 2.45) is 0 Å². The number of likely N-dealkylation sites (tertiary alicyclic amines) is 1. The van der Waals surface area contributed by atoms with E-state index < -0.39 is 0 Å². The van der Waals surface area contributed by atoms with Crippen LogP contribution in [0.3, 0.4) is 0 Å². The van der Waals surface area contributed by atoms with Gasteiger partial charge in [0, 0.05) is 40.8 Å². The van der Waals surface area contributed by atoms with Crippen molar-refractivity contribution in [3.63, 3.8) is 0 Å². The van der Waals surface area contributed by atoms with Gasteiger partial charge in [0.2, 0.25) is 0 Å². The summed E-state index contributed by atoms with van der Waals surface area (Å²) in [6.07, 6.45) is 2.54. The molecular formula is C23H30Cl2N2O2. The van der Waals surface area contributed by atoms with Gasteiger partial charge in [-0.1, -0.05) is 48.3 Å². The van der Waals surface area contributed by atoms with Crippen LogP contribution in [-0.4, -0.2) is 37.2 Å². The average Bonchev–Trinajstić information content (AvgIpc) is 3.17. The molecule has 4 nitrogen and oxygen atoms in total. The maximum atomic E-state index is 6.55. The number of likely N-dealkylation sites (N-methyl/N-ethyl adjacent to an activating group) is 1. The second kappa shape index (κ2) is 11.1. The van der Waals surface area contributed by atoms with Gasteiger partial charge in [0.1, 0.15) is 6.61 Å². The van der Waals surface area contributed by atoms with Gasteiger partial charge in [-0.2, -0.15) is 0 Å². The molecule has 0 aliphatic carbocycles. The molecule has 0 bridgehead atoms. The zero-order chi connectivity index (χ0) is 20.6. The maximum Gasteiger partial charge on any atom is 0.163 e. The zero-order valence-electron chi connectivity index (χ0n) is 17.2. The summed E-state index contributed by atoms with van der Waals surface area (Å²) in [4.78, 5) is 2.53. The molecular weight excluding hydrogens is 407 g/mol. The second-order valence-electron chi connectivity index (χ2n) is 7.26. The predicted octanol–water partition coefficient (Wildman–Crippen LogP) is 5.55. The lowest BCUT2D eigenvalue weighted by Crippen LogP contribution is -2.37. The summed E-state index contributed by atoms with van der Waals surface area (Å²) in [5, 5.41) is 4.92. The van der Waals surface area contributed by atoms with Crippen LogP contribution in [0.25, 0.3) is 0 Å². The van der Waals surface area contributed by atoms with E-state index in [2.05, 4.69) is 17.1 Å². The molecule has 1 atom stereocenters. The van der Waals surface area contributed by atoms with Crippen LogP contribution in [0.15, 0.2) is 36.4 Å². The van der Waals surface area contributed by atoms with E-state index in [-0.39, 0.29) is 0 Å². The Hall–Kier alpha value is -1.46. The highest BCUT2D eigenvalue weighted by molar-refractivity contribution is 6.31. The minimum atomic E-state index is 0.363. The molecule has 2 aromatic rings. The lowest BCUT2D eigenvalue weighted by molar-refractivity contribution is 0.259. The first kappa shape index (κ1) is 22.2. The minimum Gasteiger partial charge on any atom is -0.490 e. The van der Waals surface area contributed by atoms with E-state index >= 15 is 0 Å². The van der Waals surface area contributed by atoms with Crippen molar-refractivity contribution in [3.8, 4) is 11.5 Å². The molecule has 3 rings (SSSR count). The number of hydrogen-bond donors (Lipinski definition) is 1. The topological polar surface area (TPSA) is 33.7 Å². The number of nitrogens with one attached hydrogen (secondary N) is 1. The Morgan fingerprint density at radius 3 is 2.59 bits per heavy atom. The van der Waals surface area contributed by atoms with Crippen molar-refractivity contribution in [1.29, 1.82) is 0 Å².